The summed E-state index contributed by atoms with van der Waals surface area (Å²) in [5, 5.41) is 0. The molecule has 0 radical (unpaired) electrons. The molecule has 0 N–H and O–H groups in total. The molecule has 3 atom stereocenters. The summed E-state index contributed by atoms with van der Waals surface area (Å²) in [6.45, 7) is 11.6. The molecular weight excluding hydrogens is 571 g/mol. The fourth-order valence-electron chi connectivity index (χ4n) is 6.12. The van der Waals surface area contributed by atoms with Crippen LogP contribution in [0.5, 0.6) is 0 Å². The second kappa shape index (κ2) is 14.5. The van der Waals surface area contributed by atoms with Gasteiger partial charge in [0, 0.05) is 0 Å². The van der Waals surface area contributed by atoms with Gasteiger partial charge in [0.05, 0.1) is 0 Å². The van der Waals surface area contributed by atoms with Gasteiger partial charge < -0.3 is 0 Å². The van der Waals surface area contributed by atoms with Crippen LogP contribution in [0.4, 0.5) is 0 Å². The first-order chi connectivity index (χ1) is 17.9. The molecule has 0 spiro atoms. The normalized spacial score (nSPS) is 21.6. The Hall–Kier alpha value is -1.60. The van der Waals surface area contributed by atoms with Gasteiger partial charge in [-0.25, -0.2) is 0 Å². The zero-order chi connectivity index (χ0) is 26.8. The third kappa shape index (κ3) is 7.50. The van der Waals surface area contributed by atoms with Crippen LogP contribution in [0.2, 0.25) is 17.7 Å². The molecule has 1 fully saturated rings. The summed E-state index contributed by atoms with van der Waals surface area (Å²) >= 11 is -2.55. The number of rotatable bonds is 14. The quantitative estimate of drug-likeness (QED) is 0.123. The van der Waals surface area contributed by atoms with Gasteiger partial charge in [-0.2, -0.15) is 0 Å². The molecule has 1 aliphatic carbocycles. The number of esters is 2. The van der Waals surface area contributed by atoms with Crippen LogP contribution in [-0.2, 0) is 19.0 Å². The van der Waals surface area contributed by atoms with E-state index in [9.17, 15) is 9.59 Å². The molecule has 0 aromatic heterocycles. The average molecular weight is 617 g/mol. The number of benzene rings is 1. The van der Waals surface area contributed by atoms with Gasteiger partial charge in [0.2, 0.25) is 0 Å². The van der Waals surface area contributed by atoms with Crippen molar-refractivity contribution in [2.24, 2.45) is 5.92 Å². The zero-order valence-corrected chi connectivity index (χ0v) is 26.2. The molecule has 1 saturated carbocycles. The van der Waals surface area contributed by atoms with E-state index in [-0.39, 0.29) is 11.9 Å². The molecule has 1 aromatic carbocycles. The monoisotopic (exact) mass is 618 g/mol. The van der Waals surface area contributed by atoms with Crippen molar-refractivity contribution < 1.29 is 23.8 Å². The first kappa shape index (κ1) is 29.9. The van der Waals surface area contributed by atoms with Crippen molar-refractivity contribution in [2.45, 2.75) is 95.7 Å². The summed E-state index contributed by atoms with van der Waals surface area (Å²) in [6.07, 6.45) is 6.95. The number of carbonyl (C=O) groups excluding carboxylic acids is 2. The first-order valence-corrected chi connectivity index (χ1v) is 22.3. The van der Waals surface area contributed by atoms with Gasteiger partial charge in [0.1, 0.15) is 0 Å². The molecule has 204 valence electrons. The number of ether oxygens (including phenoxy) is 3. The fraction of sp³-hybridized carbons (Fsp3) is 0.613. The first-order valence-electron chi connectivity index (χ1n) is 14.2. The van der Waals surface area contributed by atoms with Crippen LogP contribution < -0.4 is 0 Å². The third-order valence-electron chi connectivity index (χ3n) is 8.17. The van der Waals surface area contributed by atoms with E-state index in [4.69, 9.17) is 14.2 Å². The van der Waals surface area contributed by atoms with Crippen LogP contribution >= 0.6 is 0 Å². The Balaban J connectivity index is 1.97. The molecule has 37 heavy (non-hydrogen) atoms. The molecule has 3 rings (SSSR count). The summed E-state index contributed by atoms with van der Waals surface area (Å²) < 4.78 is 23.0. The predicted octanol–water partition coefficient (Wildman–Crippen LogP) is 7.51. The standard InChI is InChI=1S/C19H19O5.3C4H9.Sn/c1-11-9-14(19(21)22-3)15-12(2)10-23-17(15)16(11)24-18(20)13-7-5-4-6-8-13;3*1-3-4-2;/h4-8,14,16-17H,1-2,9-10H2,3H3;3*1,3-4H2,2H3;/t14-,16+,17-;;;;/m0..../s1. The van der Waals surface area contributed by atoms with Gasteiger partial charge in [-0.1, -0.05) is 0 Å². The number of carbonyl (C=O) groups is 2. The van der Waals surface area contributed by atoms with Crippen LogP contribution in [0.1, 0.15) is 76.1 Å². The molecule has 0 amide bonds. The maximum absolute atomic E-state index is 13.0. The summed E-state index contributed by atoms with van der Waals surface area (Å²) in [5.41, 5.74) is 3.54. The molecule has 0 bridgehead atoms. The summed E-state index contributed by atoms with van der Waals surface area (Å²) in [5.74, 6) is -1.03. The topological polar surface area (TPSA) is 61.8 Å². The van der Waals surface area contributed by atoms with E-state index < -0.39 is 36.5 Å². The Bertz CT molecular complexity index is 932. The van der Waals surface area contributed by atoms with Crippen LogP contribution in [-0.4, -0.2) is 56.2 Å². The van der Waals surface area contributed by atoms with Gasteiger partial charge in [-0.15, -0.1) is 0 Å². The minimum absolute atomic E-state index is 0.242. The van der Waals surface area contributed by atoms with Crippen molar-refractivity contribution in [2.75, 3.05) is 13.7 Å². The molecule has 1 aromatic rings. The molecule has 1 aliphatic heterocycles. The molecule has 2 aliphatic rings. The van der Waals surface area contributed by atoms with Gasteiger partial charge >= 0.3 is 229 Å². The number of hydrogen-bond acceptors (Lipinski definition) is 5. The van der Waals surface area contributed by atoms with Crippen LogP contribution in [0.25, 0.3) is 0 Å². The Morgan fingerprint density at radius 2 is 1.59 bits per heavy atom. The van der Waals surface area contributed by atoms with E-state index in [1.54, 1.807) is 12.1 Å². The van der Waals surface area contributed by atoms with Crippen molar-refractivity contribution >= 4 is 30.3 Å². The van der Waals surface area contributed by atoms with Gasteiger partial charge in [0.15, 0.2) is 0 Å². The van der Waals surface area contributed by atoms with Crippen molar-refractivity contribution in [1.82, 2.24) is 0 Å². The second-order valence-electron chi connectivity index (χ2n) is 10.9. The average Bonchev–Trinajstić information content (AvgIpc) is 3.33. The molecule has 0 saturated heterocycles. The minimum atomic E-state index is -2.55. The van der Waals surface area contributed by atoms with E-state index in [1.807, 2.05) is 18.2 Å². The zero-order valence-electron chi connectivity index (χ0n) is 23.4. The SMILES string of the molecule is C=C1C[C@H](C(=O)OC)C2=C([CH2][Sn]([CH2]CCC)([CH2]CCC)[CH2]CCC)CO[C@@H]2[C@@H]1OC(=O)c1ccccc1. The van der Waals surface area contributed by atoms with Crippen molar-refractivity contribution in [1.29, 1.82) is 0 Å². The predicted molar refractivity (Wildman–Crippen MR) is 151 cm³/mol. The Morgan fingerprint density at radius 1 is 1.00 bits per heavy atom. The molecule has 0 unspecified atom stereocenters. The Labute approximate surface area is 227 Å². The van der Waals surface area contributed by atoms with Crippen LogP contribution in [0, 0.1) is 5.92 Å². The third-order valence-corrected chi connectivity index (χ3v) is 23.6. The van der Waals surface area contributed by atoms with E-state index in [0.29, 0.717) is 24.2 Å². The second-order valence-corrected chi connectivity index (χ2v) is 24.8. The van der Waals surface area contributed by atoms with E-state index >= 15 is 0 Å². The van der Waals surface area contributed by atoms with Gasteiger partial charge in [-0.05, 0) is 0 Å². The van der Waals surface area contributed by atoms with Crippen LogP contribution in [0.3, 0.4) is 0 Å². The summed E-state index contributed by atoms with van der Waals surface area (Å²) in [4.78, 5) is 26.0. The Morgan fingerprint density at radius 3 is 2.14 bits per heavy atom. The molecule has 1 heterocycles. The fourth-order valence-corrected chi connectivity index (χ4v) is 22.7. The molecular formula is C31H46O5Sn. The molecule has 5 nitrogen and oxygen atoms in total. The van der Waals surface area contributed by atoms with E-state index in [0.717, 1.165) is 10.0 Å². The number of fused-ring (bicyclic) bond motifs is 1. The van der Waals surface area contributed by atoms with Crippen molar-refractivity contribution in [3.05, 3.63) is 59.2 Å². The van der Waals surface area contributed by atoms with Gasteiger partial charge in [0.25, 0.3) is 0 Å². The van der Waals surface area contributed by atoms with Crippen molar-refractivity contribution in [3.8, 4) is 0 Å². The van der Waals surface area contributed by atoms with Gasteiger partial charge in [-0.3, -0.25) is 0 Å². The number of unbranched alkanes of at least 4 members (excludes halogenated alkanes) is 3. The molecule has 6 heteroatoms. The van der Waals surface area contributed by atoms with E-state index in [2.05, 4.69) is 27.4 Å². The van der Waals surface area contributed by atoms with Crippen molar-refractivity contribution in [3.63, 3.8) is 0 Å². The summed E-state index contributed by atoms with van der Waals surface area (Å²) in [7, 11) is 1.45. The van der Waals surface area contributed by atoms with Crippen LogP contribution in [0.15, 0.2) is 53.6 Å². The number of methoxy groups -OCH3 is 1. The van der Waals surface area contributed by atoms with E-state index in [1.165, 1.54) is 64.5 Å². The maximum atomic E-state index is 13.0. The Kier molecular flexibility index (Phi) is 11.8. The summed E-state index contributed by atoms with van der Waals surface area (Å²) in [6, 6.07) is 9.02. The number of hydrogen-bond donors (Lipinski definition) is 0.